The first-order valence-electron chi connectivity index (χ1n) is 8.14. The van der Waals surface area contributed by atoms with Crippen LogP contribution in [0.5, 0.6) is 0 Å². The first kappa shape index (κ1) is 19.7. The molecule has 0 aliphatic rings. The number of aliphatic hydroxyl groups is 1. The molecule has 2 aromatic heterocycles. The molecule has 0 aliphatic carbocycles. The average molecular weight is 370 g/mol. The molecule has 1 N–H and O–H groups in total. The van der Waals surface area contributed by atoms with Gasteiger partial charge in [0.2, 0.25) is 5.91 Å². The lowest BCUT2D eigenvalue weighted by Crippen LogP contribution is -2.26. The van der Waals surface area contributed by atoms with Gasteiger partial charge in [-0.05, 0) is 13.0 Å². The van der Waals surface area contributed by atoms with E-state index >= 15 is 0 Å². The fourth-order valence-corrected chi connectivity index (χ4v) is 2.83. The van der Waals surface area contributed by atoms with Crippen LogP contribution in [0.3, 0.4) is 0 Å². The second-order valence-corrected chi connectivity index (χ2v) is 6.42. The third-order valence-corrected chi connectivity index (χ3v) is 4.43. The van der Waals surface area contributed by atoms with Crippen LogP contribution in [0.15, 0.2) is 48.0 Å². The summed E-state index contributed by atoms with van der Waals surface area (Å²) in [6, 6.07) is 12.1. The summed E-state index contributed by atoms with van der Waals surface area (Å²) in [5.74, 6) is 0.751. The van der Waals surface area contributed by atoms with Crippen LogP contribution < -0.4 is 0 Å². The molecular weight excluding hydrogens is 348 g/mol. The van der Waals surface area contributed by atoms with Crippen molar-refractivity contribution >= 4 is 17.2 Å². The molecule has 0 saturated carbocycles. The number of thiazole rings is 1. The number of aryl methyl sites for hydroxylation is 1. The minimum atomic E-state index is -0.0148. The lowest BCUT2D eigenvalue weighted by Gasteiger charge is -2.11. The SMILES string of the molecule is CC(=O)N(C)CCO.Cc1nccc(-c2csc(-c3ccccc3)n2)n1. The number of benzene rings is 1. The third-order valence-electron chi connectivity index (χ3n) is 3.54. The maximum atomic E-state index is 10.3. The van der Waals surface area contributed by atoms with Crippen molar-refractivity contribution in [1.29, 1.82) is 0 Å². The second-order valence-electron chi connectivity index (χ2n) is 5.56. The summed E-state index contributed by atoms with van der Waals surface area (Å²) >= 11 is 1.63. The van der Waals surface area contributed by atoms with Gasteiger partial charge in [0.25, 0.3) is 0 Å². The van der Waals surface area contributed by atoms with E-state index in [1.807, 2.05) is 36.6 Å². The highest BCUT2D eigenvalue weighted by molar-refractivity contribution is 7.13. The lowest BCUT2D eigenvalue weighted by atomic mass is 10.2. The Morgan fingerprint density at radius 2 is 1.88 bits per heavy atom. The van der Waals surface area contributed by atoms with E-state index in [0.29, 0.717) is 6.54 Å². The Balaban J connectivity index is 0.000000260. The van der Waals surface area contributed by atoms with Gasteiger partial charge in [0.05, 0.1) is 12.3 Å². The fourth-order valence-electron chi connectivity index (χ4n) is 2.01. The molecule has 0 fully saturated rings. The van der Waals surface area contributed by atoms with Crippen molar-refractivity contribution < 1.29 is 9.90 Å². The summed E-state index contributed by atoms with van der Waals surface area (Å²) in [7, 11) is 1.65. The molecule has 1 amide bonds. The van der Waals surface area contributed by atoms with E-state index in [-0.39, 0.29) is 12.5 Å². The molecule has 1 aromatic carbocycles. The molecule has 0 aliphatic heterocycles. The van der Waals surface area contributed by atoms with Gasteiger partial charge in [-0.15, -0.1) is 11.3 Å². The van der Waals surface area contributed by atoms with Gasteiger partial charge in [-0.1, -0.05) is 30.3 Å². The number of carbonyl (C=O) groups excluding carboxylic acids is 1. The quantitative estimate of drug-likeness (QED) is 0.764. The van der Waals surface area contributed by atoms with Crippen LogP contribution in [0.2, 0.25) is 0 Å². The first-order valence-corrected chi connectivity index (χ1v) is 9.02. The van der Waals surface area contributed by atoms with Gasteiger partial charge in [0.1, 0.15) is 16.5 Å². The zero-order valence-corrected chi connectivity index (χ0v) is 15.9. The van der Waals surface area contributed by atoms with Crippen molar-refractivity contribution in [3.05, 3.63) is 53.8 Å². The number of carbonyl (C=O) groups is 1. The van der Waals surface area contributed by atoms with Crippen molar-refractivity contribution in [3.8, 4) is 22.0 Å². The Labute approximate surface area is 157 Å². The molecule has 0 spiro atoms. The molecule has 6 nitrogen and oxygen atoms in total. The number of aliphatic hydroxyl groups excluding tert-OH is 1. The van der Waals surface area contributed by atoms with E-state index in [1.165, 1.54) is 11.8 Å². The van der Waals surface area contributed by atoms with Gasteiger partial charge in [-0.25, -0.2) is 15.0 Å². The number of hydrogen-bond acceptors (Lipinski definition) is 6. The van der Waals surface area contributed by atoms with E-state index in [0.717, 1.165) is 27.8 Å². The maximum Gasteiger partial charge on any atom is 0.219 e. The van der Waals surface area contributed by atoms with Gasteiger partial charge in [0.15, 0.2) is 0 Å². The van der Waals surface area contributed by atoms with Crippen molar-refractivity contribution in [1.82, 2.24) is 19.9 Å². The highest BCUT2D eigenvalue weighted by Gasteiger charge is 2.07. The van der Waals surface area contributed by atoms with E-state index in [1.54, 1.807) is 24.6 Å². The minimum absolute atomic E-state index is 0.0148. The fraction of sp³-hybridized carbons (Fsp3) is 0.263. The van der Waals surface area contributed by atoms with Crippen LogP contribution in [0, 0.1) is 6.92 Å². The van der Waals surface area contributed by atoms with Crippen molar-refractivity contribution in [2.75, 3.05) is 20.2 Å². The van der Waals surface area contributed by atoms with Crippen molar-refractivity contribution in [2.24, 2.45) is 0 Å². The summed E-state index contributed by atoms with van der Waals surface area (Å²) in [6.45, 7) is 3.81. The number of likely N-dealkylation sites (N-methyl/N-ethyl adjacent to an activating group) is 1. The summed E-state index contributed by atoms with van der Waals surface area (Å²) < 4.78 is 0. The van der Waals surface area contributed by atoms with E-state index in [9.17, 15) is 4.79 Å². The van der Waals surface area contributed by atoms with Gasteiger partial charge in [0, 0.05) is 37.7 Å². The first-order chi connectivity index (χ1) is 12.5. The normalized spacial score (nSPS) is 10.0. The predicted molar refractivity (Wildman–Crippen MR) is 104 cm³/mol. The second kappa shape index (κ2) is 9.74. The summed E-state index contributed by atoms with van der Waals surface area (Å²) in [5.41, 5.74) is 2.92. The van der Waals surface area contributed by atoms with Gasteiger partial charge < -0.3 is 10.0 Å². The molecule has 136 valence electrons. The topological polar surface area (TPSA) is 79.2 Å². The van der Waals surface area contributed by atoms with Crippen molar-refractivity contribution in [3.63, 3.8) is 0 Å². The molecular formula is C19H22N4O2S. The largest absolute Gasteiger partial charge is 0.395 e. The number of amides is 1. The Bertz CT molecular complexity index is 836. The van der Waals surface area contributed by atoms with E-state index in [2.05, 4.69) is 27.1 Å². The number of aromatic nitrogens is 3. The highest BCUT2D eigenvalue weighted by Crippen LogP contribution is 2.27. The van der Waals surface area contributed by atoms with Gasteiger partial charge >= 0.3 is 0 Å². The maximum absolute atomic E-state index is 10.3. The predicted octanol–water partition coefficient (Wildman–Crippen LogP) is 3.03. The Kier molecular flexibility index (Phi) is 7.37. The molecule has 0 bridgehead atoms. The molecule has 0 unspecified atom stereocenters. The van der Waals surface area contributed by atoms with E-state index in [4.69, 9.17) is 5.11 Å². The molecule has 0 saturated heterocycles. The standard InChI is InChI=1S/C14H11N3S.C5H11NO2/c1-10-15-8-7-12(16-10)13-9-18-14(17-13)11-5-3-2-4-6-11;1-5(8)6(2)3-4-7/h2-9H,1H3;7H,3-4H2,1-2H3. The number of nitrogens with zero attached hydrogens (tertiary/aromatic N) is 4. The lowest BCUT2D eigenvalue weighted by molar-refractivity contribution is -0.127. The smallest absolute Gasteiger partial charge is 0.219 e. The van der Waals surface area contributed by atoms with E-state index < -0.39 is 0 Å². The monoisotopic (exact) mass is 370 g/mol. The molecule has 3 rings (SSSR count). The zero-order chi connectivity index (χ0) is 18.9. The Morgan fingerprint density at radius 3 is 2.46 bits per heavy atom. The minimum Gasteiger partial charge on any atom is -0.395 e. The zero-order valence-electron chi connectivity index (χ0n) is 15.1. The molecule has 0 radical (unpaired) electrons. The highest BCUT2D eigenvalue weighted by atomic mass is 32.1. The molecule has 26 heavy (non-hydrogen) atoms. The van der Waals surface area contributed by atoms with Crippen LogP contribution in [-0.2, 0) is 4.79 Å². The molecule has 0 atom stereocenters. The Hall–Kier alpha value is -2.64. The molecule has 3 aromatic rings. The van der Waals surface area contributed by atoms with Crippen LogP contribution in [0.4, 0.5) is 0 Å². The summed E-state index contributed by atoms with van der Waals surface area (Å²) in [4.78, 5) is 24.9. The van der Waals surface area contributed by atoms with Crippen LogP contribution in [0.1, 0.15) is 12.7 Å². The summed E-state index contributed by atoms with van der Waals surface area (Å²) in [6.07, 6.45) is 1.76. The van der Waals surface area contributed by atoms with Gasteiger partial charge in [-0.2, -0.15) is 0 Å². The average Bonchev–Trinajstić information content (AvgIpc) is 3.13. The van der Waals surface area contributed by atoms with Gasteiger partial charge in [-0.3, -0.25) is 4.79 Å². The van der Waals surface area contributed by atoms with Crippen molar-refractivity contribution in [2.45, 2.75) is 13.8 Å². The Morgan fingerprint density at radius 1 is 1.15 bits per heavy atom. The summed E-state index contributed by atoms with van der Waals surface area (Å²) in [5, 5.41) is 11.3. The number of rotatable bonds is 4. The van der Waals surface area contributed by atoms with Crippen LogP contribution in [0.25, 0.3) is 22.0 Å². The van der Waals surface area contributed by atoms with Crippen LogP contribution >= 0.6 is 11.3 Å². The van der Waals surface area contributed by atoms with Crippen LogP contribution in [-0.4, -0.2) is 51.1 Å². The molecule has 2 heterocycles. The molecule has 7 heteroatoms. The third kappa shape index (κ3) is 5.72. The number of hydrogen-bond donors (Lipinski definition) is 1.